The maximum Gasteiger partial charge on any atom is 0.315 e. The molecule has 0 aliphatic carbocycles. The number of nitro benzene ring substituents is 1. The molecule has 24 heavy (non-hydrogen) atoms. The van der Waals surface area contributed by atoms with Gasteiger partial charge in [0.25, 0.3) is 11.1 Å². The summed E-state index contributed by atoms with van der Waals surface area (Å²) in [5.74, 6) is -1.15. The number of phenolic OH excluding ortho intramolecular Hbond substituents is 1. The van der Waals surface area contributed by atoms with Gasteiger partial charge in [-0.15, -0.1) is 6.58 Å². The van der Waals surface area contributed by atoms with E-state index in [2.05, 4.69) is 6.58 Å². The van der Waals surface area contributed by atoms with Gasteiger partial charge >= 0.3 is 5.69 Å². The fourth-order valence-corrected chi connectivity index (χ4v) is 2.89. The minimum absolute atomic E-state index is 0.0664. The molecule has 0 bridgehead atoms. The summed E-state index contributed by atoms with van der Waals surface area (Å²) in [7, 11) is 0. The van der Waals surface area contributed by atoms with Crippen LogP contribution >= 0.6 is 11.8 Å². The molecule has 1 heterocycles. The van der Waals surface area contributed by atoms with Crippen LogP contribution in [0.5, 0.6) is 11.5 Å². The zero-order valence-electron chi connectivity index (χ0n) is 12.7. The van der Waals surface area contributed by atoms with Gasteiger partial charge in [-0.3, -0.25) is 24.6 Å². The number of thioether (sulfide) groups is 1. The van der Waals surface area contributed by atoms with Crippen molar-refractivity contribution in [2.24, 2.45) is 0 Å². The Morgan fingerprint density at radius 1 is 1.46 bits per heavy atom. The van der Waals surface area contributed by atoms with E-state index >= 15 is 0 Å². The Morgan fingerprint density at radius 2 is 2.17 bits per heavy atom. The van der Waals surface area contributed by atoms with E-state index in [4.69, 9.17) is 4.74 Å². The molecule has 0 spiro atoms. The monoisotopic (exact) mass is 350 g/mol. The van der Waals surface area contributed by atoms with E-state index < -0.39 is 27.5 Å². The van der Waals surface area contributed by atoms with Gasteiger partial charge in [0.2, 0.25) is 5.75 Å². The first-order valence-corrected chi connectivity index (χ1v) is 7.71. The maximum atomic E-state index is 12.2. The van der Waals surface area contributed by atoms with Crippen LogP contribution in [0, 0.1) is 10.1 Å². The second-order valence-electron chi connectivity index (χ2n) is 4.66. The third kappa shape index (κ3) is 3.40. The molecule has 0 atom stereocenters. The van der Waals surface area contributed by atoms with Gasteiger partial charge in [0.1, 0.15) is 0 Å². The first-order chi connectivity index (χ1) is 11.4. The van der Waals surface area contributed by atoms with Crippen molar-refractivity contribution in [3.05, 3.63) is 45.4 Å². The number of aromatic hydroxyl groups is 1. The molecule has 1 aromatic rings. The number of benzene rings is 1. The van der Waals surface area contributed by atoms with Crippen molar-refractivity contribution >= 4 is 34.7 Å². The highest BCUT2D eigenvalue weighted by molar-refractivity contribution is 8.18. The van der Waals surface area contributed by atoms with E-state index in [9.17, 15) is 24.8 Å². The first-order valence-electron chi connectivity index (χ1n) is 6.89. The third-order valence-electron chi connectivity index (χ3n) is 3.06. The molecule has 2 amide bonds. The lowest BCUT2D eigenvalue weighted by Gasteiger charge is -2.08. The Morgan fingerprint density at radius 3 is 2.75 bits per heavy atom. The number of nitro groups is 1. The van der Waals surface area contributed by atoms with Crippen molar-refractivity contribution in [3.63, 3.8) is 0 Å². The molecular formula is C15H14N2O6S. The number of carbonyl (C=O) groups excluding carboxylic acids is 2. The summed E-state index contributed by atoms with van der Waals surface area (Å²) in [5.41, 5.74) is -0.274. The largest absolute Gasteiger partial charge is 0.500 e. The molecule has 8 nitrogen and oxygen atoms in total. The number of imide groups is 1. The van der Waals surface area contributed by atoms with Gasteiger partial charge in [-0.25, -0.2) is 0 Å². The topological polar surface area (TPSA) is 110 Å². The molecular weight excluding hydrogens is 336 g/mol. The number of rotatable bonds is 6. The summed E-state index contributed by atoms with van der Waals surface area (Å²) in [6.07, 6.45) is 2.78. The summed E-state index contributed by atoms with van der Waals surface area (Å²) in [4.78, 5) is 35.4. The Kier molecular flexibility index (Phi) is 5.24. The van der Waals surface area contributed by atoms with Crippen LogP contribution in [-0.4, -0.2) is 39.2 Å². The Balaban J connectivity index is 2.45. The van der Waals surface area contributed by atoms with E-state index in [1.165, 1.54) is 18.2 Å². The number of ether oxygens (including phenoxy) is 1. The third-order valence-corrected chi connectivity index (χ3v) is 3.96. The average Bonchev–Trinajstić information content (AvgIpc) is 2.78. The molecule has 1 aliphatic heterocycles. The van der Waals surface area contributed by atoms with Crippen LogP contribution < -0.4 is 4.74 Å². The van der Waals surface area contributed by atoms with Crippen LogP contribution in [0.4, 0.5) is 10.5 Å². The van der Waals surface area contributed by atoms with E-state index in [0.29, 0.717) is 0 Å². The molecule has 1 aromatic carbocycles. The van der Waals surface area contributed by atoms with Crippen molar-refractivity contribution in [3.8, 4) is 11.5 Å². The average molecular weight is 350 g/mol. The normalized spacial score (nSPS) is 15.9. The van der Waals surface area contributed by atoms with Crippen LogP contribution in [0.3, 0.4) is 0 Å². The minimum Gasteiger partial charge on any atom is -0.500 e. The van der Waals surface area contributed by atoms with Gasteiger partial charge in [-0.1, -0.05) is 6.08 Å². The van der Waals surface area contributed by atoms with Crippen LogP contribution in [0.25, 0.3) is 6.08 Å². The molecule has 1 saturated heterocycles. The molecule has 126 valence electrons. The van der Waals surface area contributed by atoms with Gasteiger partial charge < -0.3 is 9.84 Å². The zero-order valence-corrected chi connectivity index (χ0v) is 13.5. The van der Waals surface area contributed by atoms with Crippen molar-refractivity contribution in [1.82, 2.24) is 4.90 Å². The highest BCUT2D eigenvalue weighted by Gasteiger charge is 2.34. The summed E-state index contributed by atoms with van der Waals surface area (Å²) in [5, 5.41) is 20.5. The number of amides is 2. The minimum atomic E-state index is -0.751. The van der Waals surface area contributed by atoms with Crippen molar-refractivity contribution in [2.45, 2.75) is 6.92 Å². The SMILES string of the molecule is C=CCN1C(=O)SC(=Cc2cc(OCC)c(O)c([N+](=O)[O-])c2)C1=O. The fourth-order valence-electron chi connectivity index (χ4n) is 2.04. The summed E-state index contributed by atoms with van der Waals surface area (Å²) < 4.78 is 5.17. The second-order valence-corrected chi connectivity index (χ2v) is 5.65. The predicted molar refractivity (Wildman–Crippen MR) is 88.8 cm³/mol. The molecule has 2 rings (SSSR count). The van der Waals surface area contributed by atoms with Gasteiger partial charge in [-0.2, -0.15) is 0 Å². The molecule has 1 N–H and O–H groups in total. The number of phenols is 1. The molecule has 0 unspecified atom stereocenters. The van der Waals surface area contributed by atoms with Gasteiger partial charge in [0, 0.05) is 12.6 Å². The lowest BCUT2D eigenvalue weighted by molar-refractivity contribution is -0.386. The molecule has 0 aromatic heterocycles. The highest BCUT2D eigenvalue weighted by Crippen LogP contribution is 2.39. The zero-order chi connectivity index (χ0) is 17.9. The summed E-state index contributed by atoms with van der Waals surface area (Å²) >= 11 is 0.732. The Bertz CT molecular complexity index is 759. The standard InChI is InChI=1S/C15H14N2O6S/c1-3-5-16-14(19)12(24-15(16)20)8-9-6-10(17(21)22)13(18)11(7-9)23-4-2/h3,6-8,18H,1,4-5H2,2H3. The van der Waals surface area contributed by atoms with E-state index in [0.717, 1.165) is 22.7 Å². The quantitative estimate of drug-likeness (QED) is 0.363. The van der Waals surface area contributed by atoms with E-state index in [-0.39, 0.29) is 29.4 Å². The van der Waals surface area contributed by atoms with Gasteiger partial charge in [0.15, 0.2) is 5.75 Å². The number of nitrogens with zero attached hydrogens (tertiary/aromatic N) is 2. The van der Waals surface area contributed by atoms with Crippen LogP contribution in [0.2, 0.25) is 0 Å². The van der Waals surface area contributed by atoms with Crippen LogP contribution in [0.15, 0.2) is 29.7 Å². The summed E-state index contributed by atoms with van der Waals surface area (Å²) in [6, 6.07) is 2.48. The van der Waals surface area contributed by atoms with Gasteiger partial charge in [0.05, 0.1) is 16.4 Å². The van der Waals surface area contributed by atoms with E-state index in [1.807, 2.05) is 0 Å². The van der Waals surface area contributed by atoms with Crippen LogP contribution in [0.1, 0.15) is 12.5 Å². The number of carbonyl (C=O) groups is 2. The molecule has 9 heteroatoms. The second kappa shape index (κ2) is 7.18. The lowest BCUT2D eigenvalue weighted by atomic mass is 10.1. The molecule has 1 fully saturated rings. The van der Waals surface area contributed by atoms with Gasteiger partial charge in [-0.05, 0) is 36.4 Å². The Hall–Kier alpha value is -2.81. The lowest BCUT2D eigenvalue weighted by Crippen LogP contribution is -2.27. The van der Waals surface area contributed by atoms with Crippen molar-refractivity contribution < 1.29 is 24.4 Å². The van der Waals surface area contributed by atoms with Crippen molar-refractivity contribution in [1.29, 1.82) is 0 Å². The predicted octanol–water partition coefficient (Wildman–Crippen LogP) is 2.92. The van der Waals surface area contributed by atoms with E-state index in [1.54, 1.807) is 6.92 Å². The molecule has 1 aliphatic rings. The Labute approximate surface area is 141 Å². The molecule has 0 saturated carbocycles. The van der Waals surface area contributed by atoms with Crippen molar-refractivity contribution in [2.75, 3.05) is 13.2 Å². The summed E-state index contributed by atoms with van der Waals surface area (Å²) in [6.45, 7) is 5.43. The molecule has 0 radical (unpaired) electrons. The number of hydrogen-bond acceptors (Lipinski definition) is 7. The highest BCUT2D eigenvalue weighted by atomic mass is 32.2. The number of hydrogen-bond donors (Lipinski definition) is 1. The maximum absolute atomic E-state index is 12.2. The van der Waals surface area contributed by atoms with Crippen LogP contribution in [-0.2, 0) is 4.79 Å². The fraction of sp³-hybridized carbons (Fsp3) is 0.200. The first kappa shape index (κ1) is 17.5. The smallest absolute Gasteiger partial charge is 0.315 e.